The van der Waals surface area contributed by atoms with Gasteiger partial charge in [-0.3, -0.25) is 0 Å². The number of hydrogen-bond donors (Lipinski definition) is 2. The van der Waals surface area contributed by atoms with Crippen LogP contribution in [0.15, 0.2) is 18.2 Å². The Hall–Kier alpha value is -2.01. The molecule has 4 N–H and O–H groups in total. The summed E-state index contributed by atoms with van der Waals surface area (Å²) in [6.07, 6.45) is 0.591. The molecular weight excluding hydrogens is 313 g/mol. The van der Waals surface area contributed by atoms with Crippen LogP contribution in [0.2, 0.25) is 0 Å². The predicted octanol–water partition coefficient (Wildman–Crippen LogP) is 0.602. The predicted molar refractivity (Wildman–Crippen MR) is 92.1 cm³/mol. The maximum absolute atomic E-state index is 12.8. The third-order valence-corrected chi connectivity index (χ3v) is 6.94. The number of nitrogens with two attached hydrogens (primary N) is 2. The average Bonchev–Trinajstić information content (AvgIpc) is 2.47. The summed E-state index contributed by atoms with van der Waals surface area (Å²) in [5, 5.41) is 8.72. The molecule has 0 fully saturated rings. The van der Waals surface area contributed by atoms with E-state index in [0.29, 0.717) is 24.5 Å². The first-order chi connectivity index (χ1) is 10.7. The van der Waals surface area contributed by atoms with E-state index in [9.17, 15) is 8.42 Å². The zero-order valence-corrected chi connectivity index (χ0v) is 14.1. The van der Waals surface area contributed by atoms with Crippen molar-refractivity contribution in [1.29, 1.82) is 5.26 Å². The average molecular weight is 333 g/mol. The van der Waals surface area contributed by atoms with Gasteiger partial charge in [0.05, 0.1) is 0 Å². The van der Waals surface area contributed by atoms with Crippen LogP contribution in [0.5, 0.6) is 5.75 Å². The van der Waals surface area contributed by atoms with E-state index in [-0.39, 0.29) is 17.3 Å². The molecule has 1 heterocycles. The number of sulfone groups is 1. The summed E-state index contributed by atoms with van der Waals surface area (Å²) < 4.78 is 29.9. The molecule has 0 radical (unpaired) electrons. The molecule has 122 valence electrons. The summed E-state index contributed by atoms with van der Waals surface area (Å²) in [7, 11) is -3.58. The van der Waals surface area contributed by atoms with E-state index in [4.69, 9.17) is 21.5 Å². The van der Waals surface area contributed by atoms with Crippen molar-refractivity contribution in [2.75, 3.05) is 18.1 Å². The number of rotatable bonds is 4. The first kappa shape index (κ1) is 17.4. The minimum atomic E-state index is -3.58. The van der Waals surface area contributed by atoms with Crippen molar-refractivity contribution in [3.8, 4) is 11.7 Å². The van der Waals surface area contributed by atoms with Crippen LogP contribution in [-0.4, -0.2) is 38.0 Å². The fraction of sp³-hybridized carbons (Fsp3) is 0.467. The van der Waals surface area contributed by atoms with Crippen LogP contribution in [0, 0.1) is 11.2 Å². The summed E-state index contributed by atoms with van der Waals surface area (Å²) >= 11 is 0. The van der Waals surface area contributed by atoms with Gasteiger partial charge in [0.25, 0.3) is 0 Å². The van der Waals surface area contributed by atoms with Crippen molar-refractivity contribution < 1.29 is 13.2 Å². The number of nitrogen functional groups attached to an aromatic ring is 1. The second kappa shape index (κ2) is 6.24. The number of fused-ring (bicyclic) bond motifs is 1. The molecule has 0 spiro atoms. The van der Waals surface area contributed by atoms with Gasteiger partial charge in [-0.05, 0) is 0 Å². The second-order valence-corrected chi connectivity index (χ2v) is 8.74. The maximum atomic E-state index is 12.8. The molecular formula is C15H20BN3O3S. The van der Waals surface area contributed by atoms with E-state index in [1.165, 1.54) is 13.8 Å². The van der Waals surface area contributed by atoms with Crippen molar-refractivity contribution in [2.24, 2.45) is 5.73 Å². The Morgan fingerprint density at radius 1 is 1.52 bits per heavy atom. The van der Waals surface area contributed by atoms with Crippen LogP contribution in [0.4, 0.5) is 5.69 Å². The molecule has 8 heteroatoms. The summed E-state index contributed by atoms with van der Waals surface area (Å²) in [6, 6.07) is 5.25. The first-order valence-electron chi connectivity index (χ1n) is 7.29. The molecule has 0 amide bonds. The van der Waals surface area contributed by atoms with E-state index in [1.807, 2.05) is 0 Å². The fourth-order valence-corrected chi connectivity index (χ4v) is 4.26. The van der Waals surface area contributed by atoms with Crippen LogP contribution < -0.4 is 16.2 Å². The van der Waals surface area contributed by atoms with Gasteiger partial charge in [-0.2, -0.15) is 0 Å². The van der Waals surface area contributed by atoms with Crippen molar-refractivity contribution in [1.82, 2.24) is 0 Å². The number of benzene rings is 1. The molecule has 0 saturated heterocycles. The number of ether oxygens (including phenoxy) is 1. The SMILES string of the molecule is CC(C)(C(N)=BC#N)S(=O)(=O)CC1CCOc2ccc(N)cc21. The molecule has 1 aliphatic heterocycles. The quantitative estimate of drug-likeness (QED) is 0.615. The number of nitrogens with zero attached hydrogens (tertiary/aromatic N) is 1. The zero-order chi connectivity index (χ0) is 17.3. The summed E-state index contributed by atoms with van der Waals surface area (Å²) in [5.74, 6) is 2.18. The summed E-state index contributed by atoms with van der Waals surface area (Å²) in [5.41, 5.74) is 13.0. The first-order valence-corrected chi connectivity index (χ1v) is 8.94. The fourth-order valence-electron chi connectivity index (χ4n) is 2.55. The molecule has 6 nitrogen and oxygen atoms in total. The van der Waals surface area contributed by atoms with Gasteiger partial charge in [0.2, 0.25) is 0 Å². The van der Waals surface area contributed by atoms with E-state index < -0.39 is 14.6 Å². The molecule has 1 aromatic rings. The van der Waals surface area contributed by atoms with Gasteiger partial charge in [-0.25, -0.2) is 0 Å². The van der Waals surface area contributed by atoms with Crippen molar-refractivity contribution in [3.63, 3.8) is 0 Å². The molecule has 2 rings (SSSR count). The molecule has 1 unspecified atom stereocenters. The minimum absolute atomic E-state index is 0.0415. The van der Waals surface area contributed by atoms with E-state index in [1.54, 1.807) is 24.2 Å². The molecule has 0 bridgehead atoms. The van der Waals surface area contributed by atoms with E-state index in [0.717, 1.165) is 12.5 Å². The van der Waals surface area contributed by atoms with Gasteiger partial charge in [0.1, 0.15) is 0 Å². The van der Waals surface area contributed by atoms with Crippen molar-refractivity contribution in [3.05, 3.63) is 23.8 Å². The topological polar surface area (TPSA) is 119 Å². The molecule has 0 saturated carbocycles. The Morgan fingerprint density at radius 3 is 2.87 bits per heavy atom. The molecule has 1 aromatic carbocycles. The van der Waals surface area contributed by atoms with Gasteiger partial charge >= 0.3 is 137 Å². The van der Waals surface area contributed by atoms with Gasteiger partial charge < -0.3 is 0 Å². The van der Waals surface area contributed by atoms with E-state index >= 15 is 0 Å². The number of hydrogen-bond acceptors (Lipinski definition) is 6. The van der Waals surface area contributed by atoms with Crippen LogP contribution in [0.25, 0.3) is 0 Å². The Balaban J connectivity index is 2.35. The van der Waals surface area contributed by atoms with Gasteiger partial charge in [0, 0.05) is 0 Å². The summed E-state index contributed by atoms with van der Waals surface area (Å²) in [4.78, 5) is 0. The monoisotopic (exact) mass is 333 g/mol. The molecule has 23 heavy (non-hydrogen) atoms. The molecule has 0 aromatic heterocycles. The molecule has 1 atom stereocenters. The van der Waals surface area contributed by atoms with Crippen molar-refractivity contribution >= 4 is 28.0 Å². The van der Waals surface area contributed by atoms with Gasteiger partial charge in [-0.1, -0.05) is 0 Å². The Morgan fingerprint density at radius 2 is 2.22 bits per heavy atom. The van der Waals surface area contributed by atoms with Crippen LogP contribution in [0.1, 0.15) is 31.7 Å². The number of nitriles is 1. The Bertz CT molecular complexity index is 782. The number of anilines is 1. The van der Waals surface area contributed by atoms with Gasteiger partial charge in [0.15, 0.2) is 0 Å². The van der Waals surface area contributed by atoms with Gasteiger partial charge in [-0.15, -0.1) is 0 Å². The van der Waals surface area contributed by atoms with Crippen LogP contribution in [0.3, 0.4) is 0 Å². The summed E-state index contributed by atoms with van der Waals surface area (Å²) in [6.45, 7) is 4.57. The van der Waals surface area contributed by atoms with Crippen LogP contribution >= 0.6 is 0 Å². The Labute approximate surface area is 137 Å². The Kier molecular flexibility index (Phi) is 4.71. The van der Waals surface area contributed by atoms with Crippen molar-refractivity contribution in [2.45, 2.75) is 30.9 Å². The normalized spacial score (nSPS) is 18.3. The van der Waals surface area contributed by atoms with Crippen LogP contribution in [-0.2, 0) is 9.84 Å². The standard InChI is InChI=1S/C15H20BN3O3S/c1-15(2,14(19)16-9-17)23(20,21)8-10-5-6-22-13-4-3-11(18)7-12(10)13/h3-4,7,10H,5-6,8,18-19H2,1-2H3. The molecule has 1 aliphatic rings. The third kappa shape index (κ3) is 3.35. The zero-order valence-electron chi connectivity index (χ0n) is 13.2. The second-order valence-electron chi connectivity index (χ2n) is 6.15. The third-order valence-electron chi connectivity index (χ3n) is 4.31. The van der Waals surface area contributed by atoms with E-state index in [2.05, 4.69) is 0 Å². The molecule has 0 aliphatic carbocycles.